The number of ether oxygens (including phenoxy) is 1. The quantitative estimate of drug-likeness (QED) is 0.605. The molecule has 1 amide bonds. The monoisotopic (exact) mass is 222 g/mol. The molecule has 0 unspecified atom stereocenters. The van der Waals surface area contributed by atoms with Crippen LogP contribution in [0.2, 0.25) is 0 Å². The van der Waals surface area contributed by atoms with Gasteiger partial charge in [-0.25, -0.2) is 0 Å². The molecule has 0 aliphatic heterocycles. The predicted octanol–water partition coefficient (Wildman–Crippen LogP) is 1.38. The Morgan fingerprint density at radius 1 is 1.38 bits per heavy atom. The zero-order chi connectivity index (χ0) is 12.0. The van der Waals surface area contributed by atoms with Crippen LogP contribution in [0.15, 0.2) is 24.3 Å². The van der Waals surface area contributed by atoms with Crippen molar-refractivity contribution in [1.82, 2.24) is 4.90 Å². The molecule has 0 saturated heterocycles. The van der Waals surface area contributed by atoms with Crippen molar-refractivity contribution < 1.29 is 9.53 Å². The molecule has 0 radical (unpaired) electrons. The van der Waals surface area contributed by atoms with Crippen LogP contribution in [0.4, 0.5) is 5.69 Å². The van der Waals surface area contributed by atoms with E-state index in [1.54, 1.807) is 36.2 Å². The highest BCUT2D eigenvalue weighted by molar-refractivity contribution is 5.94. The minimum absolute atomic E-state index is 0.0142. The lowest BCUT2D eigenvalue weighted by Crippen LogP contribution is -2.30. The van der Waals surface area contributed by atoms with Crippen molar-refractivity contribution >= 4 is 11.6 Å². The van der Waals surface area contributed by atoms with Gasteiger partial charge in [-0.2, -0.15) is 0 Å². The van der Waals surface area contributed by atoms with E-state index >= 15 is 0 Å². The minimum atomic E-state index is -0.0142. The van der Waals surface area contributed by atoms with Crippen LogP contribution >= 0.6 is 0 Å². The number of carbonyl (C=O) groups is 1. The summed E-state index contributed by atoms with van der Waals surface area (Å²) in [5.74, 6) is -0.0142. The Kier molecular flexibility index (Phi) is 4.79. The first-order valence-electron chi connectivity index (χ1n) is 5.34. The summed E-state index contributed by atoms with van der Waals surface area (Å²) in [5, 5.41) is 0. The van der Waals surface area contributed by atoms with E-state index in [0.29, 0.717) is 31.0 Å². The highest BCUT2D eigenvalue weighted by atomic mass is 16.5. The molecule has 0 aliphatic carbocycles. The number of benzene rings is 1. The molecule has 1 aromatic carbocycles. The van der Waals surface area contributed by atoms with E-state index < -0.39 is 0 Å². The van der Waals surface area contributed by atoms with E-state index in [-0.39, 0.29) is 5.91 Å². The average molecular weight is 222 g/mol. The standard InChI is InChI=1S/C12H18N2O2/c1-3-16-9-8-14(2)12(15)10-4-6-11(13)7-5-10/h4-7H,3,8-9,13H2,1-2H3. The van der Waals surface area contributed by atoms with E-state index in [9.17, 15) is 4.79 Å². The molecule has 0 aliphatic rings. The van der Waals surface area contributed by atoms with Crippen LogP contribution < -0.4 is 5.73 Å². The molecule has 0 atom stereocenters. The third-order valence-electron chi connectivity index (χ3n) is 2.28. The lowest BCUT2D eigenvalue weighted by molar-refractivity contribution is 0.0710. The molecule has 0 heterocycles. The number of rotatable bonds is 5. The van der Waals surface area contributed by atoms with Crippen LogP contribution in [0, 0.1) is 0 Å². The first-order chi connectivity index (χ1) is 7.65. The Balaban J connectivity index is 2.53. The van der Waals surface area contributed by atoms with Crippen LogP contribution in [0.25, 0.3) is 0 Å². The van der Waals surface area contributed by atoms with Gasteiger partial charge in [-0.15, -0.1) is 0 Å². The van der Waals surface area contributed by atoms with Crippen molar-refractivity contribution in [3.05, 3.63) is 29.8 Å². The van der Waals surface area contributed by atoms with Gasteiger partial charge in [-0.05, 0) is 31.2 Å². The lowest BCUT2D eigenvalue weighted by Gasteiger charge is -2.16. The normalized spacial score (nSPS) is 10.1. The predicted molar refractivity (Wildman–Crippen MR) is 64.3 cm³/mol. The molecule has 0 aromatic heterocycles. The fraction of sp³-hybridized carbons (Fsp3) is 0.417. The van der Waals surface area contributed by atoms with Gasteiger partial charge in [0.15, 0.2) is 0 Å². The van der Waals surface area contributed by atoms with Gasteiger partial charge in [-0.3, -0.25) is 4.79 Å². The fourth-order valence-corrected chi connectivity index (χ4v) is 1.29. The number of hydrogen-bond donors (Lipinski definition) is 1. The van der Waals surface area contributed by atoms with Crippen molar-refractivity contribution in [2.45, 2.75) is 6.92 Å². The topological polar surface area (TPSA) is 55.6 Å². The second-order valence-corrected chi connectivity index (χ2v) is 3.55. The summed E-state index contributed by atoms with van der Waals surface area (Å²) >= 11 is 0. The maximum absolute atomic E-state index is 11.9. The van der Waals surface area contributed by atoms with Gasteiger partial charge >= 0.3 is 0 Å². The van der Waals surface area contributed by atoms with Crippen LogP contribution in [-0.2, 0) is 4.74 Å². The number of nitrogen functional groups attached to an aromatic ring is 1. The van der Waals surface area contributed by atoms with Crippen LogP contribution in [0.5, 0.6) is 0 Å². The van der Waals surface area contributed by atoms with Crippen molar-refractivity contribution in [2.24, 2.45) is 0 Å². The van der Waals surface area contributed by atoms with Gasteiger partial charge in [0.1, 0.15) is 0 Å². The Morgan fingerprint density at radius 3 is 2.56 bits per heavy atom. The summed E-state index contributed by atoms with van der Waals surface area (Å²) in [6.45, 7) is 3.76. The third kappa shape index (κ3) is 3.55. The van der Waals surface area contributed by atoms with Gasteiger partial charge in [0.2, 0.25) is 0 Å². The first-order valence-corrected chi connectivity index (χ1v) is 5.34. The summed E-state index contributed by atoms with van der Waals surface area (Å²) in [6.07, 6.45) is 0. The summed E-state index contributed by atoms with van der Waals surface area (Å²) < 4.78 is 5.20. The Labute approximate surface area is 96.0 Å². The van der Waals surface area contributed by atoms with E-state index in [1.165, 1.54) is 0 Å². The molecule has 0 bridgehead atoms. The molecule has 4 heteroatoms. The van der Waals surface area contributed by atoms with Crippen molar-refractivity contribution in [3.8, 4) is 0 Å². The highest BCUT2D eigenvalue weighted by Gasteiger charge is 2.10. The van der Waals surface area contributed by atoms with Crippen molar-refractivity contribution in [1.29, 1.82) is 0 Å². The summed E-state index contributed by atoms with van der Waals surface area (Å²) in [4.78, 5) is 13.5. The van der Waals surface area contributed by atoms with Crippen LogP contribution in [0.3, 0.4) is 0 Å². The lowest BCUT2D eigenvalue weighted by atomic mass is 10.2. The molecule has 88 valence electrons. The average Bonchev–Trinajstić information content (AvgIpc) is 2.29. The van der Waals surface area contributed by atoms with Gasteiger partial charge in [0.25, 0.3) is 5.91 Å². The van der Waals surface area contributed by atoms with Gasteiger partial charge in [-0.1, -0.05) is 0 Å². The minimum Gasteiger partial charge on any atom is -0.399 e. The summed E-state index contributed by atoms with van der Waals surface area (Å²) in [7, 11) is 1.76. The second kappa shape index (κ2) is 6.12. The Bertz CT molecular complexity index is 335. The van der Waals surface area contributed by atoms with E-state index in [4.69, 9.17) is 10.5 Å². The molecule has 1 aromatic rings. The van der Waals surface area contributed by atoms with Gasteiger partial charge in [0.05, 0.1) is 6.61 Å². The summed E-state index contributed by atoms with van der Waals surface area (Å²) in [6, 6.07) is 6.91. The molecule has 16 heavy (non-hydrogen) atoms. The largest absolute Gasteiger partial charge is 0.399 e. The molecule has 0 saturated carbocycles. The van der Waals surface area contributed by atoms with E-state index in [1.807, 2.05) is 6.92 Å². The molecule has 0 spiro atoms. The first kappa shape index (κ1) is 12.5. The van der Waals surface area contributed by atoms with E-state index in [2.05, 4.69) is 0 Å². The van der Waals surface area contributed by atoms with Crippen LogP contribution in [0.1, 0.15) is 17.3 Å². The van der Waals surface area contributed by atoms with E-state index in [0.717, 1.165) is 0 Å². The Hall–Kier alpha value is -1.55. The zero-order valence-corrected chi connectivity index (χ0v) is 9.77. The molecular formula is C12H18N2O2. The third-order valence-corrected chi connectivity index (χ3v) is 2.28. The molecular weight excluding hydrogens is 204 g/mol. The second-order valence-electron chi connectivity index (χ2n) is 3.55. The number of amides is 1. The van der Waals surface area contributed by atoms with Gasteiger partial charge in [0, 0.05) is 31.5 Å². The number of carbonyl (C=O) groups excluding carboxylic acids is 1. The number of likely N-dealkylation sites (N-methyl/N-ethyl adjacent to an activating group) is 1. The fourth-order valence-electron chi connectivity index (χ4n) is 1.29. The molecule has 1 rings (SSSR count). The smallest absolute Gasteiger partial charge is 0.253 e. The SMILES string of the molecule is CCOCCN(C)C(=O)c1ccc(N)cc1. The molecule has 4 nitrogen and oxygen atoms in total. The number of hydrogen-bond acceptors (Lipinski definition) is 3. The zero-order valence-electron chi connectivity index (χ0n) is 9.77. The highest BCUT2D eigenvalue weighted by Crippen LogP contribution is 2.07. The van der Waals surface area contributed by atoms with Gasteiger partial charge < -0.3 is 15.4 Å². The maximum atomic E-state index is 11.9. The van der Waals surface area contributed by atoms with Crippen molar-refractivity contribution in [3.63, 3.8) is 0 Å². The maximum Gasteiger partial charge on any atom is 0.253 e. The Morgan fingerprint density at radius 2 is 2.00 bits per heavy atom. The number of nitrogens with zero attached hydrogens (tertiary/aromatic N) is 1. The molecule has 0 fully saturated rings. The number of nitrogens with two attached hydrogens (primary N) is 1. The number of anilines is 1. The van der Waals surface area contributed by atoms with Crippen molar-refractivity contribution in [2.75, 3.05) is 32.5 Å². The van der Waals surface area contributed by atoms with Crippen LogP contribution in [-0.4, -0.2) is 37.6 Å². The molecule has 2 N–H and O–H groups in total. The summed E-state index contributed by atoms with van der Waals surface area (Å²) in [5.41, 5.74) is 6.86.